The molecule has 5 rings (SSSR count). The minimum Gasteiger partial charge on any atom is -0.346 e. The highest BCUT2D eigenvalue weighted by atomic mass is 15.2. The van der Waals surface area contributed by atoms with Crippen molar-refractivity contribution in [3.8, 4) is 0 Å². The van der Waals surface area contributed by atoms with Crippen molar-refractivity contribution in [3.63, 3.8) is 0 Å². The van der Waals surface area contributed by atoms with E-state index in [4.69, 9.17) is 0 Å². The second-order valence-corrected chi connectivity index (χ2v) is 9.47. The van der Waals surface area contributed by atoms with Crippen LogP contribution < -0.4 is 15.5 Å². The molecule has 3 aliphatic rings. The van der Waals surface area contributed by atoms with Crippen LogP contribution in [-0.2, 0) is 7.05 Å². The van der Waals surface area contributed by atoms with E-state index in [1.54, 1.807) is 5.56 Å². The first-order valence-electron chi connectivity index (χ1n) is 11.9. The molecule has 0 saturated carbocycles. The Labute approximate surface area is 181 Å². The van der Waals surface area contributed by atoms with Gasteiger partial charge in [0.25, 0.3) is 0 Å². The molecular formula is C25H37N5. The SMILES string of the molecule is Cc1c(C2CCN(CC3CCNCC3)CC2)c2cccc(N3C=CCNC3)c2n1C. The van der Waals surface area contributed by atoms with Gasteiger partial charge in [0.2, 0.25) is 0 Å². The molecule has 30 heavy (non-hydrogen) atoms. The molecule has 3 aliphatic heterocycles. The first kappa shape index (κ1) is 20.1. The number of anilines is 1. The van der Waals surface area contributed by atoms with E-state index in [1.165, 1.54) is 80.7 Å². The molecule has 5 heteroatoms. The summed E-state index contributed by atoms with van der Waals surface area (Å²) in [6.45, 7) is 10.4. The van der Waals surface area contributed by atoms with Crippen LogP contribution in [-0.4, -0.2) is 55.4 Å². The van der Waals surface area contributed by atoms with Crippen molar-refractivity contribution in [3.05, 3.63) is 41.7 Å². The summed E-state index contributed by atoms with van der Waals surface area (Å²) >= 11 is 0. The van der Waals surface area contributed by atoms with Gasteiger partial charge in [-0.3, -0.25) is 5.32 Å². The van der Waals surface area contributed by atoms with E-state index in [9.17, 15) is 0 Å². The number of aromatic nitrogens is 1. The van der Waals surface area contributed by atoms with Gasteiger partial charge >= 0.3 is 0 Å². The molecule has 1 aromatic heterocycles. The van der Waals surface area contributed by atoms with Crippen molar-refractivity contribution in [1.29, 1.82) is 0 Å². The Morgan fingerprint density at radius 3 is 2.57 bits per heavy atom. The molecule has 0 amide bonds. The van der Waals surface area contributed by atoms with Crippen molar-refractivity contribution in [2.75, 3.05) is 50.8 Å². The lowest BCUT2D eigenvalue weighted by Gasteiger charge is -2.35. The highest BCUT2D eigenvalue weighted by Gasteiger charge is 2.28. The van der Waals surface area contributed by atoms with Gasteiger partial charge in [-0.25, -0.2) is 0 Å². The number of piperidine rings is 2. The molecule has 2 aromatic rings. The van der Waals surface area contributed by atoms with E-state index < -0.39 is 0 Å². The zero-order valence-corrected chi connectivity index (χ0v) is 18.7. The number of nitrogens with zero attached hydrogens (tertiary/aromatic N) is 3. The Morgan fingerprint density at radius 2 is 1.83 bits per heavy atom. The van der Waals surface area contributed by atoms with E-state index in [0.29, 0.717) is 5.92 Å². The quantitative estimate of drug-likeness (QED) is 0.813. The topological polar surface area (TPSA) is 35.5 Å². The third-order valence-electron chi connectivity index (χ3n) is 7.64. The molecule has 5 nitrogen and oxygen atoms in total. The van der Waals surface area contributed by atoms with Gasteiger partial charge in [0.1, 0.15) is 0 Å². The maximum absolute atomic E-state index is 3.50. The zero-order valence-electron chi connectivity index (χ0n) is 18.7. The van der Waals surface area contributed by atoms with E-state index >= 15 is 0 Å². The molecule has 0 bridgehead atoms. The van der Waals surface area contributed by atoms with Crippen LogP contribution in [0.2, 0.25) is 0 Å². The van der Waals surface area contributed by atoms with Crippen LogP contribution in [0.3, 0.4) is 0 Å². The van der Waals surface area contributed by atoms with Crippen molar-refractivity contribution in [1.82, 2.24) is 20.1 Å². The minimum absolute atomic E-state index is 0.684. The van der Waals surface area contributed by atoms with Crippen LogP contribution in [0.25, 0.3) is 10.9 Å². The number of rotatable bonds is 4. The molecule has 0 radical (unpaired) electrons. The van der Waals surface area contributed by atoms with Crippen LogP contribution in [0, 0.1) is 12.8 Å². The molecule has 0 spiro atoms. The average Bonchev–Trinajstić information content (AvgIpc) is 3.06. The average molecular weight is 408 g/mol. The van der Waals surface area contributed by atoms with Gasteiger partial charge in [-0.15, -0.1) is 0 Å². The Bertz CT molecular complexity index is 900. The van der Waals surface area contributed by atoms with Gasteiger partial charge in [0.05, 0.1) is 17.9 Å². The number of fused-ring (bicyclic) bond motifs is 1. The maximum atomic E-state index is 3.50. The summed E-state index contributed by atoms with van der Waals surface area (Å²) in [5.41, 5.74) is 5.75. The number of para-hydroxylation sites is 1. The van der Waals surface area contributed by atoms with E-state index in [1.807, 2.05) is 0 Å². The van der Waals surface area contributed by atoms with Crippen molar-refractivity contribution >= 4 is 16.6 Å². The molecule has 4 heterocycles. The van der Waals surface area contributed by atoms with Crippen LogP contribution in [0.5, 0.6) is 0 Å². The summed E-state index contributed by atoms with van der Waals surface area (Å²) in [4.78, 5) is 5.08. The molecule has 0 aliphatic carbocycles. The fourth-order valence-corrected chi connectivity index (χ4v) is 5.89. The van der Waals surface area contributed by atoms with Crippen LogP contribution in [0.1, 0.15) is 42.9 Å². The Hall–Kier alpha value is -1.82. The number of likely N-dealkylation sites (tertiary alicyclic amines) is 1. The van der Waals surface area contributed by atoms with Crippen molar-refractivity contribution in [2.24, 2.45) is 13.0 Å². The lowest BCUT2D eigenvalue weighted by Crippen LogP contribution is -2.39. The van der Waals surface area contributed by atoms with Gasteiger partial charge in [-0.2, -0.15) is 0 Å². The summed E-state index contributed by atoms with van der Waals surface area (Å²) in [5.74, 6) is 1.58. The monoisotopic (exact) mass is 407 g/mol. The summed E-state index contributed by atoms with van der Waals surface area (Å²) in [7, 11) is 2.25. The van der Waals surface area contributed by atoms with Crippen LogP contribution in [0.15, 0.2) is 30.5 Å². The second kappa shape index (κ2) is 8.74. The predicted molar refractivity (Wildman–Crippen MR) is 126 cm³/mol. The van der Waals surface area contributed by atoms with E-state index in [-0.39, 0.29) is 0 Å². The van der Waals surface area contributed by atoms with E-state index in [0.717, 1.165) is 19.1 Å². The minimum atomic E-state index is 0.684. The van der Waals surface area contributed by atoms with Gasteiger partial charge in [0, 0.05) is 37.4 Å². The summed E-state index contributed by atoms with van der Waals surface area (Å²) < 4.78 is 2.43. The maximum Gasteiger partial charge on any atom is 0.0728 e. The van der Waals surface area contributed by atoms with Gasteiger partial charge in [-0.1, -0.05) is 18.2 Å². The molecule has 0 atom stereocenters. The molecule has 2 saturated heterocycles. The highest BCUT2D eigenvalue weighted by Crippen LogP contribution is 2.40. The lowest BCUT2D eigenvalue weighted by molar-refractivity contribution is 0.167. The normalized spacial score (nSPS) is 22.3. The smallest absolute Gasteiger partial charge is 0.0728 e. The molecule has 2 fully saturated rings. The number of hydrogen-bond donors (Lipinski definition) is 2. The van der Waals surface area contributed by atoms with Crippen LogP contribution >= 0.6 is 0 Å². The number of aryl methyl sites for hydroxylation is 1. The van der Waals surface area contributed by atoms with Gasteiger partial charge < -0.3 is 19.7 Å². The van der Waals surface area contributed by atoms with Gasteiger partial charge in [-0.05, 0) is 82.3 Å². The summed E-state index contributed by atoms with van der Waals surface area (Å²) in [5, 5.41) is 8.42. The second-order valence-electron chi connectivity index (χ2n) is 9.47. The number of nitrogens with one attached hydrogen (secondary N) is 2. The third-order valence-corrected chi connectivity index (χ3v) is 7.64. The molecule has 1 aromatic carbocycles. The summed E-state index contributed by atoms with van der Waals surface area (Å²) in [6, 6.07) is 6.86. The van der Waals surface area contributed by atoms with Crippen LogP contribution in [0.4, 0.5) is 5.69 Å². The predicted octanol–water partition coefficient (Wildman–Crippen LogP) is 3.55. The van der Waals surface area contributed by atoms with Crippen molar-refractivity contribution in [2.45, 2.75) is 38.5 Å². The fraction of sp³-hybridized carbons (Fsp3) is 0.600. The Kier molecular flexibility index (Phi) is 5.85. The Morgan fingerprint density at radius 1 is 1.03 bits per heavy atom. The Balaban J connectivity index is 1.37. The molecule has 2 N–H and O–H groups in total. The van der Waals surface area contributed by atoms with E-state index in [2.05, 4.69) is 69.4 Å². The molecule has 0 unspecified atom stereocenters. The fourth-order valence-electron chi connectivity index (χ4n) is 5.89. The highest BCUT2D eigenvalue weighted by molar-refractivity contribution is 5.96. The number of hydrogen-bond acceptors (Lipinski definition) is 4. The first-order valence-corrected chi connectivity index (χ1v) is 11.9. The number of benzene rings is 1. The van der Waals surface area contributed by atoms with Crippen molar-refractivity contribution < 1.29 is 0 Å². The third kappa shape index (κ3) is 3.79. The molecule has 162 valence electrons. The molecular weight excluding hydrogens is 370 g/mol. The lowest BCUT2D eigenvalue weighted by atomic mass is 9.86. The summed E-state index contributed by atoms with van der Waals surface area (Å²) in [6.07, 6.45) is 9.72. The first-order chi connectivity index (χ1) is 14.7. The zero-order chi connectivity index (χ0) is 20.5. The largest absolute Gasteiger partial charge is 0.346 e. The van der Waals surface area contributed by atoms with Gasteiger partial charge in [0.15, 0.2) is 0 Å². The standard InChI is InChI=1S/C25H37N5/c1-19-24(21-9-15-29(16-10-21)17-20-7-12-26-13-8-20)22-5-3-6-23(25(22)28(19)2)30-14-4-11-27-18-30/h3-6,14,20-21,26-27H,7-13,15-18H2,1-2H3.